The Kier molecular flexibility index (Phi) is 5.68. The van der Waals surface area contributed by atoms with Gasteiger partial charge in [0.25, 0.3) is 5.78 Å². The first-order valence-corrected chi connectivity index (χ1v) is 9.95. The number of nitrogens with zero attached hydrogens (tertiary/aromatic N) is 3. The molecule has 1 amide bonds. The molecule has 1 aliphatic heterocycles. The number of rotatable bonds is 5. The third-order valence-corrected chi connectivity index (χ3v) is 5.09. The fourth-order valence-electron chi connectivity index (χ4n) is 3.45. The summed E-state index contributed by atoms with van der Waals surface area (Å²) in [5.41, 5.74) is 0.918. The summed E-state index contributed by atoms with van der Waals surface area (Å²) in [4.78, 5) is 35.4. The molecule has 0 spiro atoms. The normalized spacial score (nSPS) is 17.7. The van der Waals surface area contributed by atoms with Gasteiger partial charge in [0.15, 0.2) is 0 Å². The van der Waals surface area contributed by atoms with Gasteiger partial charge in [-0.25, -0.2) is 9.97 Å². The van der Waals surface area contributed by atoms with Crippen molar-refractivity contribution in [3.05, 3.63) is 88.7 Å². The molecule has 0 bridgehead atoms. The highest BCUT2D eigenvalue weighted by atomic mass is 35.5. The number of anilines is 1. The molecule has 1 fully saturated rings. The second-order valence-electron chi connectivity index (χ2n) is 6.73. The van der Waals surface area contributed by atoms with Gasteiger partial charge in [0.2, 0.25) is 5.95 Å². The first-order valence-electron chi connectivity index (χ1n) is 9.58. The van der Waals surface area contributed by atoms with E-state index in [1.54, 1.807) is 54.6 Å². The number of amides is 1. The molecule has 0 radical (unpaired) electrons. The van der Waals surface area contributed by atoms with Crippen LogP contribution in [0, 0.1) is 0 Å². The minimum atomic E-state index is -0.911. The van der Waals surface area contributed by atoms with Crippen LogP contribution in [0.1, 0.15) is 24.1 Å². The van der Waals surface area contributed by atoms with Gasteiger partial charge in [0.1, 0.15) is 11.5 Å². The molecule has 8 heteroatoms. The molecule has 2 heterocycles. The Labute approximate surface area is 183 Å². The van der Waals surface area contributed by atoms with E-state index < -0.39 is 17.7 Å². The molecule has 4 rings (SSSR count). The number of ether oxygens (including phenoxy) is 1. The van der Waals surface area contributed by atoms with Crippen molar-refractivity contribution in [2.45, 2.75) is 13.0 Å². The molecule has 1 aliphatic rings. The van der Waals surface area contributed by atoms with Crippen LogP contribution in [-0.4, -0.2) is 33.4 Å². The lowest BCUT2D eigenvalue weighted by Gasteiger charge is -2.23. The summed E-state index contributed by atoms with van der Waals surface area (Å²) < 4.78 is 5.42. The Bertz CT molecular complexity index is 1150. The maximum Gasteiger partial charge on any atom is 0.302 e. The Balaban J connectivity index is 1.88. The maximum atomic E-state index is 13.0. The van der Waals surface area contributed by atoms with Crippen molar-refractivity contribution < 1.29 is 19.4 Å². The fourth-order valence-corrected chi connectivity index (χ4v) is 3.57. The summed E-state index contributed by atoms with van der Waals surface area (Å²) in [7, 11) is 0. The van der Waals surface area contributed by atoms with E-state index in [-0.39, 0.29) is 17.3 Å². The van der Waals surface area contributed by atoms with Gasteiger partial charge in [0.05, 0.1) is 18.2 Å². The molecule has 2 aromatic carbocycles. The Hall–Kier alpha value is -3.71. The highest BCUT2D eigenvalue weighted by Crippen LogP contribution is 2.41. The predicted octanol–water partition coefficient (Wildman–Crippen LogP) is 4.16. The number of aliphatic hydroxyl groups excluding tert-OH is 1. The SMILES string of the molecule is CCOc1ccc(C(O)=C2C(=O)C(=O)N(c3ncccn3)[C@@H]2c2ccc(Cl)cc2)cc1. The second kappa shape index (κ2) is 8.57. The highest BCUT2D eigenvalue weighted by molar-refractivity contribution is 6.51. The molecule has 3 aromatic rings. The molecule has 1 saturated heterocycles. The largest absolute Gasteiger partial charge is 0.507 e. The van der Waals surface area contributed by atoms with Gasteiger partial charge in [-0.1, -0.05) is 23.7 Å². The third-order valence-electron chi connectivity index (χ3n) is 4.84. The van der Waals surface area contributed by atoms with Gasteiger partial charge in [-0.15, -0.1) is 0 Å². The number of Topliss-reactive ketones (excluding diaryl/α,β-unsaturated/α-hetero) is 1. The van der Waals surface area contributed by atoms with Crippen LogP contribution in [-0.2, 0) is 9.59 Å². The zero-order valence-corrected chi connectivity index (χ0v) is 17.3. The zero-order valence-electron chi connectivity index (χ0n) is 16.5. The minimum absolute atomic E-state index is 0.0519. The van der Waals surface area contributed by atoms with Crippen molar-refractivity contribution >= 4 is 35.0 Å². The number of aliphatic hydroxyl groups is 1. The molecule has 1 atom stereocenters. The van der Waals surface area contributed by atoms with Crippen molar-refractivity contribution in [2.24, 2.45) is 0 Å². The molecule has 0 aliphatic carbocycles. The van der Waals surface area contributed by atoms with E-state index in [1.807, 2.05) is 6.92 Å². The molecule has 7 nitrogen and oxygen atoms in total. The molecular weight excluding hydrogens is 418 g/mol. The average molecular weight is 436 g/mol. The van der Waals surface area contributed by atoms with E-state index in [0.29, 0.717) is 28.5 Å². The van der Waals surface area contributed by atoms with Crippen LogP contribution in [0.15, 0.2) is 72.6 Å². The Morgan fingerprint density at radius 3 is 2.32 bits per heavy atom. The molecule has 1 N–H and O–H groups in total. The summed E-state index contributed by atoms with van der Waals surface area (Å²) in [6.07, 6.45) is 2.96. The van der Waals surface area contributed by atoms with Crippen LogP contribution >= 0.6 is 11.6 Å². The summed E-state index contributed by atoms with van der Waals surface area (Å²) in [5.74, 6) is -1.24. The van der Waals surface area contributed by atoms with E-state index >= 15 is 0 Å². The molecule has 31 heavy (non-hydrogen) atoms. The van der Waals surface area contributed by atoms with Crippen molar-refractivity contribution in [3.8, 4) is 5.75 Å². The summed E-state index contributed by atoms with van der Waals surface area (Å²) in [6, 6.07) is 14.0. The average Bonchev–Trinajstić information content (AvgIpc) is 3.06. The Morgan fingerprint density at radius 1 is 1.06 bits per heavy atom. The highest BCUT2D eigenvalue weighted by Gasteiger charge is 2.48. The van der Waals surface area contributed by atoms with Gasteiger partial charge in [-0.05, 0) is 55.0 Å². The summed E-state index contributed by atoms with van der Waals surface area (Å²) in [6.45, 7) is 2.37. The number of ketones is 1. The van der Waals surface area contributed by atoms with Crippen LogP contribution in [0.5, 0.6) is 5.75 Å². The molecular formula is C23H18ClN3O4. The van der Waals surface area contributed by atoms with Crippen LogP contribution in [0.2, 0.25) is 5.02 Å². The molecule has 0 saturated carbocycles. The number of aromatic nitrogens is 2. The number of hydrogen-bond acceptors (Lipinski definition) is 6. The van der Waals surface area contributed by atoms with Crippen molar-refractivity contribution in [3.63, 3.8) is 0 Å². The predicted molar refractivity (Wildman–Crippen MR) is 116 cm³/mol. The quantitative estimate of drug-likeness (QED) is 0.367. The van der Waals surface area contributed by atoms with Crippen LogP contribution in [0.3, 0.4) is 0 Å². The Morgan fingerprint density at radius 2 is 1.71 bits per heavy atom. The van der Waals surface area contributed by atoms with E-state index in [1.165, 1.54) is 17.3 Å². The maximum absolute atomic E-state index is 13.0. The lowest BCUT2D eigenvalue weighted by atomic mass is 9.95. The first-order chi connectivity index (χ1) is 15.0. The van der Waals surface area contributed by atoms with E-state index in [0.717, 1.165) is 0 Å². The number of benzene rings is 2. The smallest absolute Gasteiger partial charge is 0.302 e. The number of carbonyl (C=O) groups is 2. The lowest BCUT2D eigenvalue weighted by Crippen LogP contribution is -2.31. The molecule has 1 aromatic heterocycles. The second-order valence-corrected chi connectivity index (χ2v) is 7.16. The molecule has 0 unspecified atom stereocenters. The van der Waals surface area contributed by atoms with Gasteiger partial charge >= 0.3 is 5.91 Å². The van der Waals surface area contributed by atoms with Crippen LogP contribution in [0.4, 0.5) is 5.95 Å². The van der Waals surface area contributed by atoms with Crippen LogP contribution in [0.25, 0.3) is 5.76 Å². The monoisotopic (exact) mass is 435 g/mol. The summed E-state index contributed by atoms with van der Waals surface area (Å²) >= 11 is 6.02. The van der Waals surface area contributed by atoms with Gasteiger partial charge in [-0.2, -0.15) is 0 Å². The zero-order chi connectivity index (χ0) is 22.0. The number of hydrogen-bond donors (Lipinski definition) is 1. The first kappa shape index (κ1) is 20.6. The van der Waals surface area contributed by atoms with Crippen molar-refractivity contribution in [2.75, 3.05) is 11.5 Å². The summed E-state index contributed by atoms with van der Waals surface area (Å²) in [5, 5.41) is 11.6. The van der Waals surface area contributed by atoms with Gasteiger partial charge < -0.3 is 9.84 Å². The standard InChI is InChI=1S/C23H18ClN3O4/c1-2-31-17-10-6-15(7-11-17)20(28)18-19(14-4-8-16(24)9-5-14)27(22(30)21(18)29)23-25-12-3-13-26-23/h3-13,19,28H,2H2,1H3/t19-/m1/s1. The topological polar surface area (TPSA) is 92.6 Å². The number of carbonyl (C=O) groups excluding carboxylic acids is 2. The third kappa shape index (κ3) is 3.87. The number of halogens is 1. The van der Waals surface area contributed by atoms with E-state index in [4.69, 9.17) is 16.3 Å². The van der Waals surface area contributed by atoms with Crippen molar-refractivity contribution in [1.82, 2.24) is 9.97 Å². The van der Waals surface area contributed by atoms with Crippen molar-refractivity contribution in [1.29, 1.82) is 0 Å². The minimum Gasteiger partial charge on any atom is -0.507 e. The lowest BCUT2D eigenvalue weighted by molar-refractivity contribution is -0.132. The molecule has 156 valence electrons. The van der Waals surface area contributed by atoms with E-state index in [9.17, 15) is 14.7 Å². The van der Waals surface area contributed by atoms with Gasteiger partial charge in [-0.3, -0.25) is 14.5 Å². The van der Waals surface area contributed by atoms with Crippen LogP contribution < -0.4 is 9.64 Å². The van der Waals surface area contributed by atoms with Gasteiger partial charge in [0, 0.05) is 23.0 Å². The fraction of sp³-hybridized carbons (Fsp3) is 0.130. The van der Waals surface area contributed by atoms with E-state index in [2.05, 4.69) is 9.97 Å².